The number of carbonyl (C=O) groups is 1. The van der Waals surface area contributed by atoms with Crippen molar-refractivity contribution in [2.45, 2.75) is 25.4 Å². The molecule has 0 spiro atoms. The number of aliphatic hydroxyl groups is 1. The maximum Gasteiger partial charge on any atom is 0.277 e. The lowest BCUT2D eigenvalue weighted by Gasteiger charge is -2.16. The van der Waals surface area contributed by atoms with Crippen LogP contribution in [0, 0.1) is 22.1 Å². The van der Waals surface area contributed by atoms with E-state index >= 15 is 0 Å². The van der Waals surface area contributed by atoms with E-state index in [4.69, 9.17) is 4.84 Å². The largest absolute Gasteiger partial charge is 0.387 e. The molecule has 8 heteroatoms. The highest BCUT2D eigenvalue weighted by Crippen LogP contribution is 2.35. The maximum absolute atomic E-state index is 14.3. The van der Waals surface area contributed by atoms with Crippen LogP contribution in [-0.2, 0) is 4.84 Å². The zero-order valence-corrected chi connectivity index (χ0v) is 16.1. The van der Waals surface area contributed by atoms with Crippen molar-refractivity contribution in [1.29, 1.82) is 0 Å². The molecule has 0 radical (unpaired) electrons. The molecule has 0 aliphatic heterocycles. The van der Waals surface area contributed by atoms with Crippen LogP contribution in [-0.4, -0.2) is 23.2 Å². The predicted molar refractivity (Wildman–Crippen MR) is 101 cm³/mol. The van der Waals surface area contributed by atoms with E-state index in [1.807, 2.05) is 19.1 Å². The lowest BCUT2D eigenvalue weighted by molar-refractivity contribution is -0.0230. The fourth-order valence-corrected chi connectivity index (χ4v) is 2.99. The van der Waals surface area contributed by atoms with E-state index in [-0.39, 0.29) is 17.9 Å². The van der Waals surface area contributed by atoms with Gasteiger partial charge >= 0.3 is 0 Å². The van der Waals surface area contributed by atoms with Crippen LogP contribution in [0.3, 0.4) is 0 Å². The topological polar surface area (TPSA) is 70.6 Å². The first-order valence-corrected chi connectivity index (χ1v) is 9.03. The Bertz CT molecular complexity index is 857. The number of hydrogen-bond donors (Lipinski definition) is 3. The predicted octanol–water partition coefficient (Wildman–Crippen LogP) is 3.81. The molecule has 3 N–H and O–H groups in total. The smallest absolute Gasteiger partial charge is 0.277 e. The molecule has 0 saturated heterocycles. The zero-order chi connectivity index (χ0) is 18.9. The van der Waals surface area contributed by atoms with Gasteiger partial charge in [-0.15, -0.1) is 0 Å². The van der Waals surface area contributed by atoms with E-state index in [0.717, 1.165) is 15.2 Å². The van der Waals surface area contributed by atoms with Crippen LogP contribution in [0.2, 0.25) is 0 Å². The number of carbonyl (C=O) groups excluding carboxylic acids is 1. The molecule has 0 unspecified atom stereocenters. The summed E-state index contributed by atoms with van der Waals surface area (Å²) in [5, 5.41) is 12.5. The van der Waals surface area contributed by atoms with E-state index < -0.39 is 23.1 Å². The molecule has 2 aromatic carbocycles. The number of hydrogen-bond acceptors (Lipinski definition) is 4. The highest BCUT2D eigenvalue weighted by Gasteiger charge is 2.41. The molecule has 26 heavy (non-hydrogen) atoms. The van der Waals surface area contributed by atoms with Gasteiger partial charge < -0.3 is 10.4 Å². The third-order valence-corrected chi connectivity index (χ3v) is 4.79. The molecule has 1 saturated carbocycles. The molecule has 1 amide bonds. The second-order valence-corrected chi connectivity index (χ2v) is 7.56. The molecule has 1 aliphatic carbocycles. The average molecular weight is 474 g/mol. The summed E-state index contributed by atoms with van der Waals surface area (Å²) in [4.78, 5) is 17.3. The van der Waals surface area contributed by atoms with Crippen molar-refractivity contribution in [3.05, 3.63) is 56.7 Å². The summed E-state index contributed by atoms with van der Waals surface area (Å²) >= 11 is 2.15. The highest BCUT2D eigenvalue weighted by atomic mass is 127. The Kier molecular flexibility index (Phi) is 5.44. The normalized spacial score (nSPS) is 14.8. The molecule has 0 aromatic heterocycles. The first-order valence-electron chi connectivity index (χ1n) is 7.95. The Hall–Kier alpha value is -1.78. The van der Waals surface area contributed by atoms with E-state index in [9.17, 15) is 18.7 Å². The molecule has 1 fully saturated rings. The van der Waals surface area contributed by atoms with Crippen molar-refractivity contribution in [2.75, 3.05) is 11.9 Å². The minimum absolute atomic E-state index is 0.0542. The Balaban J connectivity index is 1.83. The Morgan fingerprint density at radius 2 is 2.04 bits per heavy atom. The number of benzene rings is 2. The summed E-state index contributed by atoms with van der Waals surface area (Å²) < 4.78 is 29.0. The molecule has 138 valence electrons. The molecule has 0 bridgehead atoms. The van der Waals surface area contributed by atoms with Crippen molar-refractivity contribution in [1.82, 2.24) is 5.48 Å². The van der Waals surface area contributed by atoms with Gasteiger partial charge in [-0.05, 0) is 78.3 Å². The summed E-state index contributed by atoms with van der Waals surface area (Å²) in [6.45, 7) is 1.77. The van der Waals surface area contributed by atoms with Gasteiger partial charge in [-0.1, -0.05) is 0 Å². The van der Waals surface area contributed by atoms with E-state index in [1.54, 1.807) is 6.07 Å². The van der Waals surface area contributed by atoms with Crippen LogP contribution in [0.1, 0.15) is 28.8 Å². The van der Waals surface area contributed by atoms with Crippen LogP contribution in [0.15, 0.2) is 30.3 Å². The van der Waals surface area contributed by atoms with Gasteiger partial charge in [0, 0.05) is 9.26 Å². The van der Waals surface area contributed by atoms with Gasteiger partial charge in [-0.25, -0.2) is 14.3 Å². The van der Waals surface area contributed by atoms with Gasteiger partial charge in [0.1, 0.15) is 6.61 Å². The quantitative estimate of drug-likeness (QED) is 0.440. The first kappa shape index (κ1) is 19.0. The Labute approximate surface area is 162 Å². The Morgan fingerprint density at radius 3 is 2.69 bits per heavy atom. The SMILES string of the molecule is Cc1cc(I)ccc1Nc1c(C(=O)NOCC2(O)CC2)ccc(F)c1F. The molecular weight excluding hydrogens is 457 g/mol. The van der Waals surface area contributed by atoms with Gasteiger partial charge in [-0.2, -0.15) is 0 Å². The van der Waals surface area contributed by atoms with E-state index in [2.05, 4.69) is 33.4 Å². The lowest BCUT2D eigenvalue weighted by atomic mass is 10.1. The fraction of sp³-hybridized carbons (Fsp3) is 0.278. The van der Waals surface area contributed by atoms with Crippen molar-refractivity contribution in [3.8, 4) is 0 Å². The van der Waals surface area contributed by atoms with Crippen molar-refractivity contribution < 1.29 is 23.5 Å². The highest BCUT2D eigenvalue weighted by molar-refractivity contribution is 14.1. The van der Waals surface area contributed by atoms with Crippen LogP contribution < -0.4 is 10.8 Å². The third kappa shape index (κ3) is 4.30. The second kappa shape index (κ2) is 7.45. The van der Waals surface area contributed by atoms with Crippen LogP contribution in [0.5, 0.6) is 0 Å². The summed E-state index contributed by atoms with van der Waals surface area (Å²) in [6.07, 6.45) is 1.21. The number of anilines is 2. The summed E-state index contributed by atoms with van der Waals surface area (Å²) in [5.41, 5.74) is 2.25. The molecule has 0 heterocycles. The summed E-state index contributed by atoms with van der Waals surface area (Å²) in [7, 11) is 0. The fourth-order valence-electron chi connectivity index (χ4n) is 2.34. The zero-order valence-electron chi connectivity index (χ0n) is 13.9. The molecule has 5 nitrogen and oxygen atoms in total. The standard InChI is InChI=1S/C18H17F2IN2O3/c1-10-8-11(21)2-5-14(10)22-16-12(3-4-13(19)15(16)20)17(24)23-26-9-18(25)6-7-18/h2-5,8,22,25H,6-7,9H2,1H3,(H,23,24). The maximum atomic E-state index is 14.3. The van der Waals surface area contributed by atoms with Crippen LogP contribution in [0.25, 0.3) is 0 Å². The van der Waals surface area contributed by atoms with Gasteiger partial charge in [0.25, 0.3) is 5.91 Å². The van der Waals surface area contributed by atoms with Crippen molar-refractivity contribution in [2.24, 2.45) is 0 Å². The Morgan fingerprint density at radius 1 is 1.31 bits per heavy atom. The minimum atomic E-state index is -1.16. The first-order chi connectivity index (χ1) is 12.3. The van der Waals surface area contributed by atoms with Gasteiger partial charge in [0.15, 0.2) is 11.6 Å². The van der Waals surface area contributed by atoms with Gasteiger partial charge in [0.2, 0.25) is 0 Å². The number of aryl methyl sites for hydroxylation is 1. The number of amides is 1. The molecular formula is C18H17F2IN2O3. The molecule has 1 aliphatic rings. The van der Waals surface area contributed by atoms with E-state index in [1.165, 1.54) is 6.07 Å². The van der Waals surface area contributed by atoms with Crippen molar-refractivity contribution >= 4 is 39.9 Å². The number of nitrogens with one attached hydrogen (secondary N) is 2. The number of rotatable bonds is 6. The molecule has 2 aromatic rings. The molecule has 3 rings (SSSR count). The van der Waals surface area contributed by atoms with Crippen LogP contribution >= 0.6 is 22.6 Å². The second-order valence-electron chi connectivity index (χ2n) is 6.31. The number of hydroxylamine groups is 1. The van der Waals surface area contributed by atoms with Crippen LogP contribution in [0.4, 0.5) is 20.2 Å². The monoisotopic (exact) mass is 474 g/mol. The minimum Gasteiger partial charge on any atom is -0.387 e. The van der Waals surface area contributed by atoms with Gasteiger partial charge in [-0.3, -0.25) is 9.63 Å². The van der Waals surface area contributed by atoms with Crippen molar-refractivity contribution in [3.63, 3.8) is 0 Å². The van der Waals surface area contributed by atoms with E-state index in [0.29, 0.717) is 18.5 Å². The molecule has 0 atom stereocenters. The summed E-state index contributed by atoms with van der Waals surface area (Å²) in [6, 6.07) is 7.46. The number of halogens is 3. The lowest BCUT2D eigenvalue weighted by Crippen LogP contribution is -2.29. The summed E-state index contributed by atoms with van der Waals surface area (Å²) in [5.74, 6) is -2.96. The van der Waals surface area contributed by atoms with Gasteiger partial charge in [0.05, 0.1) is 16.9 Å². The third-order valence-electron chi connectivity index (χ3n) is 4.12. The average Bonchev–Trinajstić information content (AvgIpc) is 3.31.